The van der Waals surface area contributed by atoms with Crippen molar-refractivity contribution in [1.29, 1.82) is 0 Å². The summed E-state index contributed by atoms with van der Waals surface area (Å²) in [5, 5.41) is 0. The molecular weight excluding hydrogens is 204 g/mol. The summed E-state index contributed by atoms with van der Waals surface area (Å²) < 4.78 is 0. The molecule has 0 aliphatic carbocycles. The van der Waals surface area contributed by atoms with E-state index in [1.54, 1.807) is 0 Å². The lowest BCUT2D eigenvalue weighted by Gasteiger charge is -2.12. The third kappa shape index (κ3) is 3.74. The molecule has 0 nitrogen and oxygen atoms in total. The minimum Gasteiger partial charge on any atom is -0.0998 e. The van der Waals surface area contributed by atoms with Gasteiger partial charge in [-0.15, -0.1) is 0 Å². The minimum absolute atomic E-state index is 0.966. The third-order valence-corrected chi connectivity index (χ3v) is 2.80. The zero-order valence-electron chi connectivity index (χ0n) is 11.4. The number of hydrogen-bond donors (Lipinski definition) is 0. The topological polar surface area (TPSA) is 0 Å². The second-order valence-electron chi connectivity index (χ2n) is 4.64. The summed E-state index contributed by atoms with van der Waals surface area (Å²) in [6.45, 7) is 12.5. The molecule has 1 rings (SSSR count). The maximum Gasteiger partial charge on any atom is -0.0107 e. The highest BCUT2D eigenvalue weighted by molar-refractivity contribution is 5.78. The maximum atomic E-state index is 4.00. The van der Waals surface area contributed by atoms with Gasteiger partial charge in [-0.05, 0) is 50.8 Å². The summed E-state index contributed by atoms with van der Waals surface area (Å²) in [6.07, 6.45) is 5.26. The second-order valence-corrected chi connectivity index (χ2v) is 4.64. The van der Waals surface area contributed by atoms with Crippen molar-refractivity contribution >= 4 is 5.57 Å². The molecule has 90 valence electrons. The normalized spacial score (nSPS) is 12.7. The standard InChI is InChI=1S/C17H22/c1-6-9-16(15(5)12-13(2)3)17-11-8-7-10-14(17)4/h6-11H,2,12H2,1,3-5H3/b9-6-,16-15+. The quantitative estimate of drug-likeness (QED) is 0.482. The van der Waals surface area contributed by atoms with Crippen LogP contribution in [0.4, 0.5) is 0 Å². The highest BCUT2D eigenvalue weighted by atomic mass is 14.1. The molecule has 17 heavy (non-hydrogen) atoms. The molecule has 1 aromatic rings. The molecular formula is C17H22. The molecule has 1 aromatic carbocycles. The first-order valence-corrected chi connectivity index (χ1v) is 6.09. The lowest BCUT2D eigenvalue weighted by molar-refractivity contribution is 1.12. The predicted molar refractivity (Wildman–Crippen MR) is 78.0 cm³/mol. The zero-order valence-corrected chi connectivity index (χ0v) is 11.4. The van der Waals surface area contributed by atoms with E-state index in [1.165, 1.54) is 27.8 Å². The van der Waals surface area contributed by atoms with Gasteiger partial charge in [0.15, 0.2) is 0 Å². The van der Waals surface area contributed by atoms with E-state index in [0.717, 1.165) is 6.42 Å². The van der Waals surface area contributed by atoms with Gasteiger partial charge in [0.05, 0.1) is 0 Å². The van der Waals surface area contributed by atoms with Crippen LogP contribution in [0.25, 0.3) is 5.57 Å². The van der Waals surface area contributed by atoms with E-state index in [0.29, 0.717) is 0 Å². The molecule has 0 aliphatic rings. The van der Waals surface area contributed by atoms with Crippen LogP contribution in [0, 0.1) is 6.92 Å². The summed E-state index contributed by atoms with van der Waals surface area (Å²) in [5.41, 5.74) is 6.56. The van der Waals surface area contributed by atoms with Gasteiger partial charge >= 0.3 is 0 Å². The molecule has 0 heterocycles. The smallest absolute Gasteiger partial charge is 0.0107 e. The van der Waals surface area contributed by atoms with Crippen molar-refractivity contribution in [2.24, 2.45) is 0 Å². The molecule has 0 radical (unpaired) electrons. The lowest BCUT2D eigenvalue weighted by Crippen LogP contribution is -1.91. The van der Waals surface area contributed by atoms with Crippen LogP contribution in [0.5, 0.6) is 0 Å². The average molecular weight is 226 g/mol. The predicted octanol–water partition coefficient (Wildman–Crippen LogP) is 5.31. The maximum absolute atomic E-state index is 4.00. The summed E-state index contributed by atoms with van der Waals surface area (Å²) in [5.74, 6) is 0. The summed E-state index contributed by atoms with van der Waals surface area (Å²) >= 11 is 0. The van der Waals surface area contributed by atoms with Crippen molar-refractivity contribution in [1.82, 2.24) is 0 Å². The molecule has 0 N–H and O–H groups in total. The fourth-order valence-corrected chi connectivity index (χ4v) is 2.05. The first-order chi connectivity index (χ1) is 8.06. The number of hydrogen-bond acceptors (Lipinski definition) is 0. The Kier molecular flexibility index (Phi) is 4.96. The summed E-state index contributed by atoms with van der Waals surface area (Å²) in [6, 6.07) is 8.53. The van der Waals surface area contributed by atoms with Gasteiger partial charge in [0, 0.05) is 0 Å². The fraction of sp³-hybridized carbons (Fsp3) is 0.294. The Balaban J connectivity index is 3.27. The number of benzene rings is 1. The lowest BCUT2D eigenvalue weighted by atomic mass is 9.93. The van der Waals surface area contributed by atoms with E-state index in [4.69, 9.17) is 0 Å². The Morgan fingerprint density at radius 3 is 2.41 bits per heavy atom. The molecule has 0 saturated carbocycles. The molecule has 0 heteroatoms. The van der Waals surface area contributed by atoms with E-state index >= 15 is 0 Å². The molecule has 0 spiro atoms. The summed E-state index contributed by atoms with van der Waals surface area (Å²) in [7, 11) is 0. The van der Waals surface area contributed by atoms with Gasteiger partial charge in [0.25, 0.3) is 0 Å². The van der Waals surface area contributed by atoms with E-state index in [9.17, 15) is 0 Å². The van der Waals surface area contributed by atoms with Gasteiger partial charge in [-0.1, -0.05) is 54.1 Å². The Labute approximate surface area is 105 Å². The van der Waals surface area contributed by atoms with Gasteiger partial charge in [0.1, 0.15) is 0 Å². The van der Waals surface area contributed by atoms with E-state index < -0.39 is 0 Å². The van der Waals surface area contributed by atoms with Crippen molar-refractivity contribution in [2.75, 3.05) is 0 Å². The van der Waals surface area contributed by atoms with Crippen molar-refractivity contribution in [3.05, 3.63) is 65.3 Å². The van der Waals surface area contributed by atoms with Crippen molar-refractivity contribution in [2.45, 2.75) is 34.1 Å². The Bertz CT molecular complexity index is 459. The highest BCUT2D eigenvalue weighted by Gasteiger charge is 2.05. The minimum atomic E-state index is 0.966. The van der Waals surface area contributed by atoms with Gasteiger partial charge < -0.3 is 0 Å². The van der Waals surface area contributed by atoms with Crippen LogP contribution in [-0.2, 0) is 0 Å². The van der Waals surface area contributed by atoms with Gasteiger partial charge in [-0.3, -0.25) is 0 Å². The zero-order chi connectivity index (χ0) is 12.8. The van der Waals surface area contributed by atoms with Gasteiger partial charge in [-0.2, -0.15) is 0 Å². The Morgan fingerprint density at radius 1 is 1.24 bits per heavy atom. The summed E-state index contributed by atoms with van der Waals surface area (Å²) in [4.78, 5) is 0. The molecule has 0 aliphatic heterocycles. The van der Waals surface area contributed by atoms with E-state index in [2.05, 4.69) is 70.7 Å². The molecule has 0 atom stereocenters. The Hall–Kier alpha value is -1.56. The molecule has 0 fully saturated rings. The monoisotopic (exact) mass is 226 g/mol. The van der Waals surface area contributed by atoms with Crippen LogP contribution in [0.15, 0.2) is 54.1 Å². The van der Waals surface area contributed by atoms with Crippen LogP contribution < -0.4 is 0 Å². The van der Waals surface area contributed by atoms with Crippen LogP contribution in [0.1, 0.15) is 38.3 Å². The van der Waals surface area contributed by atoms with Crippen molar-refractivity contribution < 1.29 is 0 Å². The number of rotatable bonds is 4. The largest absolute Gasteiger partial charge is 0.0998 e. The molecule has 0 bridgehead atoms. The first kappa shape index (κ1) is 13.5. The van der Waals surface area contributed by atoms with Crippen LogP contribution in [0.2, 0.25) is 0 Å². The number of aryl methyl sites for hydroxylation is 1. The van der Waals surface area contributed by atoms with Crippen molar-refractivity contribution in [3.63, 3.8) is 0 Å². The van der Waals surface area contributed by atoms with Crippen LogP contribution in [0.3, 0.4) is 0 Å². The number of allylic oxidation sites excluding steroid dienone is 5. The van der Waals surface area contributed by atoms with Crippen LogP contribution >= 0.6 is 0 Å². The molecule has 0 unspecified atom stereocenters. The highest BCUT2D eigenvalue weighted by Crippen LogP contribution is 2.26. The van der Waals surface area contributed by atoms with Crippen molar-refractivity contribution in [3.8, 4) is 0 Å². The second kappa shape index (κ2) is 6.24. The third-order valence-electron chi connectivity index (χ3n) is 2.80. The van der Waals surface area contributed by atoms with Gasteiger partial charge in [0.2, 0.25) is 0 Å². The van der Waals surface area contributed by atoms with E-state index in [-0.39, 0.29) is 0 Å². The molecule has 0 amide bonds. The average Bonchev–Trinajstić information content (AvgIpc) is 2.26. The molecule has 0 saturated heterocycles. The van der Waals surface area contributed by atoms with Gasteiger partial charge in [-0.25, -0.2) is 0 Å². The van der Waals surface area contributed by atoms with E-state index in [1.807, 2.05) is 0 Å². The SMILES string of the molecule is C=C(C)C/C(C)=C(\C=C/C)c1ccccc1C. The fourth-order valence-electron chi connectivity index (χ4n) is 2.05. The molecule has 0 aromatic heterocycles. The first-order valence-electron chi connectivity index (χ1n) is 6.09. The van der Waals surface area contributed by atoms with Crippen LogP contribution in [-0.4, -0.2) is 0 Å². The Morgan fingerprint density at radius 2 is 1.88 bits per heavy atom.